The fourth-order valence-electron chi connectivity index (χ4n) is 3.63. The van der Waals surface area contributed by atoms with Gasteiger partial charge in [-0.3, -0.25) is 4.79 Å². The summed E-state index contributed by atoms with van der Waals surface area (Å²) in [6, 6.07) is 0.359. The van der Waals surface area contributed by atoms with Crippen molar-refractivity contribution < 1.29 is 4.79 Å². The summed E-state index contributed by atoms with van der Waals surface area (Å²) in [6.07, 6.45) is 4.16. The Morgan fingerprint density at radius 1 is 1.53 bits per heavy atom. The van der Waals surface area contributed by atoms with Gasteiger partial charge >= 0.3 is 0 Å². The Morgan fingerprint density at radius 3 is 2.89 bits per heavy atom. The standard InChI is InChI=1S/C15H29N3O/c1-4-6-15(7-8-16-11-15)14(19)17-13-5-9-18(3)10-12(13)2/h12-13,16H,4-11H2,1-3H3,(H,17,19). The highest BCUT2D eigenvalue weighted by atomic mass is 16.2. The van der Waals surface area contributed by atoms with Crippen molar-refractivity contribution in [3.05, 3.63) is 0 Å². The quantitative estimate of drug-likeness (QED) is 0.805. The molecule has 0 aromatic carbocycles. The van der Waals surface area contributed by atoms with E-state index in [9.17, 15) is 4.79 Å². The molecule has 0 spiro atoms. The molecule has 2 heterocycles. The number of hydrogen-bond donors (Lipinski definition) is 2. The first-order valence-electron chi connectivity index (χ1n) is 7.77. The highest BCUT2D eigenvalue weighted by molar-refractivity contribution is 5.83. The van der Waals surface area contributed by atoms with E-state index < -0.39 is 0 Å². The smallest absolute Gasteiger partial charge is 0.227 e. The number of nitrogens with zero attached hydrogens (tertiary/aromatic N) is 1. The van der Waals surface area contributed by atoms with E-state index in [0.29, 0.717) is 17.9 Å². The van der Waals surface area contributed by atoms with Crippen molar-refractivity contribution in [1.82, 2.24) is 15.5 Å². The first kappa shape index (κ1) is 14.8. The van der Waals surface area contributed by atoms with E-state index in [-0.39, 0.29) is 5.41 Å². The van der Waals surface area contributed by atoms with Crippen LogP contribution in [0.25, 0.3) is 0 Å². The molecule has 110 valence electrons. The average molecular weight is 267 g/mol. The topological polar surface area (TPSA) is 44.4 Å². The number of carbonyl (C=O) groups is 1. The zero-order chi connectivity index (χ0) is 13.9. The van der Waals surface area contributed by atoms with Gasteiger partial charge in [0.05, 0.1) is 5.41 Å². The van der Waals surface area contributed by atoms with Crippen molar-refractivity contribution in [2.75, 3.05) is 33.2 Å². The van der Waals surface area contributed by atoms with Gasteiger partial charge in [0.15, 0.2) is 0 Å². The number of piperidine rings is 1. The molecule has 0 saturated carbocycles. The molecule has 4 nitrogen and oxygen atoms in total. The van der Waals surface area contributed by atoms with Crippen LogP contribution in [0, 0.1) is 11.3 Å². The number of amides is 1. The van der Waals surface area contributed by atoms with Crippen LogP contribution in [0.5, 0.6) is 0 Å². The molecule has 2 aliphatic heterocycles. The summed E-state index contributed by atoms with van der Waals surface area (Å²) in [5.41, 5.74) is -0.141. The lowest BCUT2D eigenvalue weighted by Gasteiger charge is -2.37. The summed E-state index contributed by atoms with van der Waals surface area (Å²) in [5.74, 6) is 0.844. The lowest BCUT2D eigenvalue weighted by molar-refractivity contribution is -0.132. The van der Waals surface area contributed by atoms with Crippen LogP contribution in [0.2, 0.25) is 0 Å². The molecule has 2 rings (SSSR count). The van der Waals surface area contributed by atoms with E-state index in [1.807, 2.05) is 0 Å². The Labute approximate surface area is 117 Å². The van der Waals surface area contributed by atoms with Gasteiger partial charge in [-0.1, -0.05) is 20.3 Å². The number of likely N-dealkylation sites (tertiary alicyclic amines) is 1. The van der Waals surface area contributed by atoms with Crippen molar-refractivity contribution >= 4 is 5.91 Å². The van der Waals surface area contributed by atoms with Gasteiger partial charge in [0.2, 0.25) is 5.91 Å². The highest BCUT2D eigenvalue weighted by Gasteiger charge is 2.41. The molecule has 4 heteroatoms. The molecule has 0 bridgehead atoms. The van der Waals surface area contributed by atoms with Gasteiger partial charge in [-0.2, -0.15) is 0 Å². The Balaban J connectivity index is 1.95. The molecule has 2 fully saturated rings. The molecule has 2 N–H and O–H groups in total. The molecule has 3 unspecified atom stereocenters. The summed E-state index contributed by atoms with van der Waals surface area (Å²) in [5, 5.41) is 6.72. The summed E-state index contributed by atoms with van der Waals surface area (Å²) >= 11 is 0. The Bertz CT molecular complexity index is 313. The van der Waals surface area contributed by atoms with Gasteiger partial charge in [-0.15, -0.1) is 0 Å². The fraction of sp³-hybridized carbons (Fsp3) is 0.933. The summed E-state index contributed by atoms with van der Waals surface area (Å²) in [6.45, 7) is 8.44. The third-order valence-corrected chi connectivity index (χ3v) is 4.88. The SMILES string of the molecule is CCCC1(C(=O)NC2CCN(C)CC2C)CCNC1. The normalized spacial score (nSPS) is 36.4. The lowest BCUT2D eigenvalue weighted by atomic mass is 9.80. The van der Waals surface area contributed by atoms with E-state index in [1.165, 1.54) is 0 Å². The van der Waals surface area contributed by atoms with Gasteiger partial charge in [0, 0.05) is 19.1 Å². The molecule has 2 saturated heterocycles. The molecule has 19 heavy (non-hydrogen) atoms. The Morgan fingerprint density at radius 2 is 2.32 bits per heavy atom. The van der Waals surface area contributed by atoms with E-state index in [4.69, 9.17) is 0 Å². The minimum absolute atomic E-state index is 0.141. The number of hydrogen-bond acceptors (Lipinski definition) is 3. The number of rotatable bonds is 4. The minimum atomic E-state index is -0.141. The third kappa shape index (κ3) is 3.29. The van der Waals surface area contributed by atoms with Gasteiger partial charge in [0.1, 0.15) is 0 Å². The first-order valence-corrected chi connectivity index (χ1v) is 7.77. The summed E-state index contributed by atoms with van der Waals surface area (Å²) in [4.78, 5) is 15.0. The second-order valence-corrected chi connectivity index (χ2v) is 6.57. The van der Waals surface area contributed by atoms with E-state index in [0.717, 1.165) is 51.9 Å². The monoisotopic (exact) mass is 267 g/mol. The highest BCUT2D eigenvalue weighted by Crippen LogP contribution is 2.32. The molecule has 0 aliphatic carbocycles. The van der Waals surface area contributed by atoms with Gasteiger partial charge < -0.3 is 15.5 Å². The number of carbonyl (C=O) groups excluding carboxylic acids is 1. The molecule has 0 aromatic rings. The van der Waals surface area contributed by atoms with Crippen LogP contribution in [-0.2, 0) is 4.79 Å². The Kier molecular flexibility index (Phi) is 4.85. The Hall–Kier alpha value is -0.610. The largest absolute Gasteiger partial charge is 0.352 e. The van der Waals surface area contributed by atoms with Crippen molar-refractivity contribution in [1.29, 1.82) is 0 Å². The maximum Gasteiger partial charge on any atom is 0.227 e. The molecule has 0 radical (unpaired) electrons. The maximum atomic E-state index is 12.7. The van der Waals surface area contributed by atoms with Crippen LogP contribution in [0.15, 0.2) is 0 Å². The molecule has 0 aromatic heterocycles. The van der Waals surface area contributed by atoms with Crippen LogP contribution < -0.4 is 10.6 Å². The third-order valence-electron chi connectivity index (χ3n) is 4.88. The van der Waals surface area contributed by atoms with Crippen molar-refractivity contribution in [2.45, 2.75) is 45.6 Å². The molecule has 3 atom stereocenters. The summed E-state index contributed by atoms with van der Waals surface area (Å²) < 4.78 is 0. The second-order valence-electron chi connectivity index (χ2n) is 6.57. The molecule has 1 amide bonds. The van der Waals surface area contributed by atoms with Gasteiger partial charge in [0.25, 0.3) is 0 Å². The fourth-order valence-corrected chi connectivity index (χ4v) is 3.63. The first-order chi connectivity index (χ1) is 9.07. The molecule has 2 aliphatic rings. The van der Waals surface area contributed by atoms with Crippen molar-refractivity contribution in [3.8, 4) is 0 Å². The van der Waals surface area contributed by atoms with Crippen molar-refractivity contribution in [3.63, 3.8) is 0 Å². The minimum Gasteiger partial charge on any atom is -0.352 e. The predicted octanol–water partition coefficient (Wildman–Crippen LogP) is 1.22. The van der Waals surface area contributed by atoms with Crippen LogP contribution in [0.3, 0.4) is 0 Å². The van der Waals surface area contributed by atoms with E-state index in [2.05, 4.69) is 36.4 Å². The predicted molar refractivity (Wildman–Crippen MR) is 78.0 cm³/mol. The zero-order valence-electron chi connectivity index (χ0n) is 12.7. The molecular formula is C15H29N3O. The lowest BCUT2D eigenvalue weighted by Crippen LogP contribution is -2.53. The summed E-state index contributed by atoms with van der Waals surface area (Å²) in [7, 11) is 2.16. The van der Waals surface area contributed by atoms with E-state index in [1.54, 1.807) is 0 Å². The van der Waals surface area contributed by atoms with Crippen LogP contribution >= 0.6 is 0 Å². The maximum absolute atomic E-state index is 12.7. The van der Waals surface area contributed by atoms with Crippen LogP contribution in [-0.4, -0.2) is 50.1 Å². The van der Waals surface area contributed by atoms with Gasteiger partial charge in [-0.25, -0.2) is 0 Å². The average Bonchev–Trinajstić information content (AvgIpc) is 2.83. The van der Waals surface area contributed by atoms with Crippen LogP contribution in [0.4, 0.5) is 0 Å². The second kappa shape index (κ2) is 6.23. The zero-order valence-corrected chi connectivity index (χ0v) is 12.7. The van der Waals surface area contributed by atoms with Crippen LogP contribution in [0.1, 0.15) is 39.5 Å². The van der Waals surface area contributed by atoms with Gasteiger partial charge in [-0.05, 0) is 45.3 Å². The number of nitrogens with one attached hydrogen (secondary N) is 2. The van der Waals surface area contributed by atoms with Crippen molar-refractivity contribution in [2.24, 2.45) is 11.3 Å². The molecular weight excluding hydrogens is 238 g/mol. The van der Waals surface area contributed by atoms with E-state index >= 15 is 0 Å².